The molecule has 1 heterocycles. The van der Waals surface area contributed by atoms with Crippen LogP contribution in [0.2, 0.25) is 5.02 Å². The molecule has 1 saturated heterocycles. The topological polar surface area (TPSA) is 54.5 Å². The number of benzene rings is 1. The predicted octanol–water partition coefficient (Wildman–Crippen LogP) is 2.02. The molecule has 2 aliphatic rings. The van der Waals surface area contributed by atoms with Crippen molar-refractivity contribution in [3.8, 4) is 0 Å². The molecule has 0 bridgehead atoms. The van der Waals surface area contributed by atoms with Crippen LogP contribution in [-0.4, -0.2) is 43.8 Å². The van der Waals surface area contributed by atoms with E-state index in [1.165, 1.54) is 0 Å². The maximum absolute atomic E-state index is 12.8. The summed E-state index contributed by atoms with van der Waals surface area (Å²) >= 11 is 6.02. The Bertz CT molecular complexity index is 682. The largest absolute Gasteiger partial charge is 0.341 e. The van der Waals surface area contributed by atoms with Gasteiger partial charge in [-0.3, -0.25) is 4.79 Å². The highest BCUT2D eigenvalue weighted by atomic mass is 35.5. The molecule has 0 spiro atoms. The van der Waals surface area contributed by atoms with Gasteiger partial charge in [-0.05, 0) is 37.0 Å². The van der Waals surface area contributed by atoms with E-state index in [1.54, 1.807) is 18.0 Å². The predicted molar refractivity (Wildman–Crippen MR) is 82.2 cm³/mol. The third-order valence-corrected chi connectivity index (χ3v) is 6.60. The number of rotatable bonds is 3. The zero-order chi connectivity index (χ0) is 15.3. The Balaban J connectivity index is 1.82. The minimum Gasteiger partial charge on any atom is -0.341 e. The number of hydrogen-bond donors (Lipinski definition) is 0. The van der Waals surface area contributed by atoms with Crippen LogP contribution in [0.3, 0.4) is 0 Å². The number of carbonyl (C=O) groups is 1. The van der Waals surface area contributed by atoms with Gasteiger partial charge in [-0.2, -0.15) is 0 Å². The molecule has 114 valence electrons. The molecule has 4 nitrogen and oxygen atoms in total. The number of sulfone groups is 1. The van der Waals surface area contributed by atoms with Gasteiger partial charge in [-0.1, -0.05) is 23.7 Å². The van der Waals surface area contributed by atoms with Crippen molar-refractivity contribution in [2.45, 2.75) is 30.7 Å². The lowest BCUT2D eigenvalue weighted by atomic mass is 9.94. The molecule has 2 fully saturated rings. The van der Waals surface area contributed by atoms with E-state index in [2.05, 4.69) is 0 Å². The average molecular weight is 328 g/mol. The van der Waals surface area contributed by atoms with Crippen LogP contribution in [0, 0.1) is 0 Å². The summed E-state index contributed by atoms with van der Waals surface area (Å²) in [5, 5.41) is 0.623. The van der Waals surface area contributed by atoms with Gasteiger partial charge in [0.05, 0.1) is 16.9 Å². The van der Waals surface area contributed by atoms with E-state index in [0.717, 1.165) is 18.4 Å². The fourth-order valence-electron chi connectivity index (χ4n) is 3.12. The van der Waals surface area contributed by atoms with Crippen LogP contribution in [-0.2, 0) is 20.0 Å². The lowest BCUT2D eigenvalue weighted by Gasteiger charge is -2.28. The molecule has 1 aliphatic carbocycles. The van der Waals surface area contributed by atoms with Gasteiger partial charge in [0.25, 0.3) is 0 Å². The van der Waals surface area contributed by atoms with Crippen molar-refractivity contribution >= 4 is 27.3 Å². The van der Waals surface area contributed by atoms with Crippen LogP contribution < -0.4 is 0 Å². The van der Waals surface area contributed by atoms with Crippen LogP contribution in [0.5, 0.6) is 0 Å². The molecule has 6 heteroatoms. The number of hydrogen-bond acceptors (Lipinski definition) is 3. The first kappa shape index (κ1) is 14.9. The molecule has 1 atom stereocenters. The van der Waals surface area contributed by atoms with Gasteiger partial charge in [0.1, 0.15) is 0 Å². The van der Waals surface area contributed by atoms with Crippen LogP contribution >= 0.6 is 11.6 Å². The number of likely N-dealkylation sites (N-methyl/N-ethyl adjacent to an activating group) is 1. The quantitative estimate of drug-likeness (QED) is 0.853. The van der Waals surface area contributed by atoms with E-state index in [4.69, 9.17) is 11.6 Å². The zero-order valence-electron chi connectivity index (χ0n) is 11.9. The third kappa shape index (κ3) is 2.69. The highest BCUT2D eigenvalue weighted by Gasteiger charge is 2.53. The Morgan fingerprint density at radius 1 is 1.38 bits per heavy atom. The molecule has 1 amide bonds. The molecule has 0 N–H and O–H groups in total. The first-order chi connectivity index (χ1) is 9.84. The second-order valence-corrected chi connectivity index (χ2v) is 8.73. The fraction of sp³-hybridized carbons (Fsp3) is 0.533. The van der Waals surface area contributed by atoms with E-state index in [0.29, 0.717) is 11.4 Å². The van der Waals surface area contributed by atoms with Crippen LogP contribution in [0.4, 0.5) is 0 Å². The van der Waals surface area contributed by atoms with Crippen molar-refractivity contribution in [2.24, 2.45) is 0 Å². The molecular weight excluding hydrogens is 310 g/mol. The van der Waals surface area contributed by atoms with Gasteiger partial charge < -0.3 is 4.90 Å². The van der Waals surface area contributed by atoms with Crippen molar-refractivity contribution in [2.75, 3.05) is 18.6 Å². The molecular formula is C15H18ClNO3S. The third-order valence-electron chi connectivity index (χ3n) is 4.61. The van der Waals surface area contributed by atoms with Crippen LogP contribution in [0.1, 0.15) is 24.8 Å². The van der Waals surface area contributed by atoms with Gasteiger partial charge in [0.2, 0.25) is 5.91 Å². The summed E-state index contributed by atoms with van der Waals surface area (Å²) in [6.45, 7) is 0. The Morgan fingerprint density at radius 3 is 2.62 bits per heavy atom. The van der Waals surface area contributed by atoms with Crippen molar-refractivity contribution in [3.05, 3.63) is 34.9 Å². The lowest BCUT2D eigenvalue weighted by molar-refractivity contribution is -0.134. The van der Waals surface area contributed by atoms with E-state index in [9.17, 15) is 13.2 Å². The molecule has 1 saturated carbocycles. The minimum atomic E-state index is -2.99. The molecule has 3 rings (SSSR count). The van der Waals surface area contributed by atoms with E-state index < -0.39 is 15.3 Å². The summed E-state index contributed by atoms with van der Waals surface area (Å²) in [5.74, 6) is 0.284. The molecule has 0 radical (unpaired) electrons. The van der Waals surface area contributed by atoms with Gasteiger partial charge in [0.15, 0.2) is 9.84 Å². The summed E-state index contributed by atoms with van der Waals surface area (Å²) in [4.78, 5) is 14.5. The van der Waals surface area contributed by atoms with Crippen LogP contribution in [0.15, 0.2) is 24.3 Å². The van der Waals surface area contributed by atoms with Crippen LogP contribution in [0.25, 0.3) is 0 Å². The number of amides is 1. The van der Waals surface area contributed by atoms with E-state index in [-0.39, 0.29) is 23.5 Å². The lowest BCUT2D eigenvalue weighted by Crippen LogP contribution is -2.43. The van der Waals surface area contributed by atoms with Gasteiger partial charge >= 0.3 is 0 Å². The summed E-state index contributed by atoms with van der Waals surface area (Å²) in [7, 11) is -1.26. The first-order valence-electron chi connectivity index (χ1n) is 7.08. The van der Waals surface area contributed by atoms with Gasteiger partial charge in [-0.15, -0.1) is 0 Å². The smallest absolute Gasteiger partial charge is 0.233 e. The molecule has 0 unspecified atom stereocenters. The molecule has 1 aromatic rings. The number of carbonyl (C=O) groups excluding carboxylic acids is 1. The molecule has 1 aromatic carbocycles. The highest BCUT2D eigenvalue weighted by molar-refractivity contribution is 7.91. The number of halogens is 1. The Morgan fingerprint density at radius 2 is 2.10 bits per heavy atom. The molecule has 21 heavy (non-hydrogen) atoms. The number of nitrogens with zero attached hydrogens (tertiary/aromatic N) is 1. The summed E-state index contributed by atoms with van der Waals surface area (Å²) < 4.78 is 23.2. The van der Waals surface area contributed by atoms with E-state index in [1.807, 2.05) is 18.2 Å². The first-order valence-corrected chi connectivity index (χ1v) is 9.28. The maximum atomic E-state index is 12.8. The summed E-state index contributed by atoms with van der Waals surface area (Å²) in [6, 6.07) is 7.21. The monoisotopic (exact) mass is 327 g/mol. The Hall–Kier alpha value is -1.07. The normalized spacial score (nSPS) is 25.5. The van der Waals surface area contributed by atoms with Crippen molar-refractivity contribution in [3.63, 3.8) is 0 Å². The SMILES string of the molecule is CN(C(=O)C1(c2cccc(Cl)c2)CC1)[C@H]1CCS(=O)(=O)C1. The highest BCUT2D eigenvalue weighted by Crippen LogP contribution is 2.50. The molecule has 1 aliphatic heterocycles. The standard InChI is InChI=1S/C15H18ClNO3S/c1-17(13-5-8-21(19,20)10-13)14(18)15(6-7-15)11-3-2-4-12(16)9-11/h2-4,9,13H,5-8,10H2,1H3/t13-/m0/s1. The van der Waals surface area contributed by atoms with Crippen molar-refractivity contribution in [1.82, 2.24) is 4.90 Å². The Labute approximate surface area is 130 Å². The molecule has 0 aromatic heterocycles. The van der Waals surface area contributed by atoms with E-state index >= 15 is 0 Å². The van der Waals surface area contributed by atoms with Gasteiger partial charge in [-0.25, -0.2) is 8.42 Å². The summed E-state index contributed by atoms with van der Waals surface area (Å²) in [6.07, 6.45) is 2.14. The van der Waals surface area contributed by atoms with Crippen molar-refractivity contribution < 1.29 is 13.2 Å². The van der Waals surface area contributed by atoms with Gasteiger partial charge in [0, 0.05) is 18.1 Å². The fourth-order valence-corrected chi connectivity index (χ4v) is 5.09. The van der Waals surface area contributed by atoms with Crippen molar-refractivity contribution in [1.29, 1.82) is 0 Å². The second kappa shape index (κ2) is 4.99. The second-order valence-electron chi connectivity index (χ2n) is 6.07. The summed E-state index contributed by atoms with van der Waals surface area (Å²) in [5.41, 5.74) is 0.444. The minimum absolute atomic E-state index is 0.0202. The zero-order valence-corrected chi connectivity index (χ0v) is 13.5. The average Bonchev–Trinajstić information content (AvgIpc) is 3.16. The maximum Gasteiger partial charge on any atom is 0.233 e. The Kier molecular flexibility index (Phi) is 3.53.